The molecule has 1 saturated heterocycles. The third-order valence-electron chi connectivity index (χ3n) is 4.99. The number of methoxy groups -OCH3 is 1. The first-order valence-electron chi connectivity index (χ1n) is 8.31. The Bertz CT molecular complexity index is 578. The maximum Gasteiger partial charge on any atom is 0.228 e. The third kappa shape index (κ3) is 3.24. The number of nitrogens with zero attached hydrogens (tertiary/aromatic N) is 1. The number of carbonyl (C=O) groups is 2. The van der Waals surface area contributed by atoms with Gasteiger partial charge in [-0.25, -0.2) is 0 Å². The predicted octanol–water partition coefficient (Wildman–Crippen LogP) is 2.25. The van der Waals surface area contributed by atoms with E-state index in [0.29, 0.717) is 19.6 Å². The molecule has 1 aromatic rings. The van der Waals surface area contributed by atoms with Crippen molar-refractivity contribution >= 4 is 17.5 Å². The highest BCUT2D eigenvalue weighted by Gasteiger charge is 2.43. The number of ether oxygens (including phenoxy) is 1. The molecule has 1 aliphatic heterocycles. The molecule has 23 heavy (non-hydrogen) atoms. The van der Waals surface area contributed by atoms with Gasteiger partial charge in [-0.3, -0.25) is 9.59 Å². The van der Waals surface area contributed by atoms with E-state index < -0.39 is 0 Å². The molecule has 124 valence electrons. The van der Waals surface area contributed by atoms with Gasteiger partial charge in [0.2, 0.25) is 11.8 Å². The van der Waals surface area contributed by atoms with Gasteiger partial charge < -0.3 is 15.0 Å². The molecule has 1 N–H and O–H groups in total. The Morgan fingerprint density at radius 1 is 1.26 bits per heavy atom. The molecule has 1 saturated carbocycles. The van der Waals surface area contributed by atoms with Crippen LogP contribution in [0.3, 0.4) is 0 Å². The number of rotatable bonds is 6. The lowest BCUT2D eigenvalue weighted by Gasteiger charge is -2.39. The smallest absolute Gasteiger partial charge is 0.228 e. The van der Waals surface area contributed by atoms with E-state index in [4.69, 9.17) is 4.74 Å². The molecule has 0 bridgehead atoms. The van der Waals surface area contributed by atoms with E-state index in [-0.39, 0.29) is 17.2 Å². The van der Waals surface area contributed by atoms with Crippen LogP contribution in [0.1, 0.15) is 37.7 Å². The Hall–Kier alpha value is -1.88. The number of carbonyl (C=O) groups excluding carboxylic acids is 2. The largest absolute Gasteiger partial charge is 0.384 e. The van der Waals surface area contributed by atoms with Gasteiger partial charge in [-0.15, -0.1) is 0 Å². The zero-order valence-corrected chi connectivity index (χ0v) is 13.6. The minimum Gasteiger partial charge on any atom is -0.384 e. The number of benzene rings is 1. The predicted molar refractivity (Wildman–Crippen MR) is 88.0 cm³/mol. The Balaban J connectivity index is 1.56. The molecule has 0 atom stereocenters. The van der Waals surface area contributed by atoms with Crippen LogP contribution >= 0.6 is 0 Å². The van der Waals surface area contributed by atoms with Gasteiger partial charge in [-0.1, -0.05) is 18.6 Å². The van der Waals surface area contributed by atoms with Crippen molar-refractivity contribution in [3.05, 3.63) is 29.8 Å². The van der Waals surface area contributed by atoms with Crippen molar-refractivity contribution < 1.29 is 14.3 Å². The summed E-state index contributed by atoms with van der Waals surface area (Å²) in [5.41, 5.74) is 1.66. The summed E-state index contributed by atoms with van der Waals surface area (Å²) >= 11 is 0. The van der Waals surface area contributed by atoms with Crippen LogP contribution in [0.2, 0.25) is 0 Å². The first-order chi connectivity index (χ1) is 11.1. The lowest BCUT2D eigenvalue weighted by atomic mass is 9.68. The summed E-state index contributed by atoms with van der Waals surface area (Å²) in [6, 6.07) is 7.87. The SMILES string of the molecule is COCC1(C(=O)NCc2ccc(N3CCCC3=O)cc2)CCC1. The van der Waals surface area contributed by atoms with E-state index in [1.165, 1.54) is 0 Å². The minimum absolute atomic E-state index is 0.0874. The summed E-state index contributed by atoms with van der Waals surface area (Å²) in [4.78, 5) is 26.0. The van der Waals surface area contributed by atoms with E-state index >= 15 is 0 Å². The average molecular weight is 316 g/mol. The Labute approximate surface area is 137 Å². The zero-order valence-electron chi connectivity index (χ0n) is 13.6. The molecular weight excluding hydrogens is 292 g/mol. The van der Waals surface area contributed by atoms with Crippen LogP contribution in [-0.2, 0) is 20.9 Å². The Morgan fingerprint density at radius 3 is 2.52 bits per heavy atom. The minimum atomic E-state index is -0.323. The van der Waals surface area contributed by atoms with Crippen LogP contribution in [0.15, 0.2) is 24.3 Å². The fourth-order valence-electron chi connectivity index (χ4n) is 3.40. The van der Waals surface area contributed by atoms with Gasteiger partial charge in [0.05, 0.1) is 12.0 Å². The van der Waals surface area contributed by atoms with Crippen molar-refractivity contribution in [2.75, 3.05) is 25.2 Å². The molecule has 5 nitrogen and oxygen atoms in total. The van der Waals surface area contributed by atoms with E-state index in [2.05, 4.69) is 5.32 Å². The van der Waals surface area contributed by atoms with Gasteiger partial charge in [0.15, 0.2) is 0 Å². The van der Waals surface area contributed by atoms with Gasteiger partial charge in [0, 0.05) is 32.3 Å². The molecule has 1 aliphatic carbocycles. The fraction of sp³-hybridized carbons (Fsp3) is 0.556. The number of hydrogen-bond donors (Lipinski definition) is 1. The summed E-state index contributed by atoms with van der Waals surface area (Å²) in [6.45, 7) is 1.81. The van der Waals surface area contributed by atoms with Crippen LogP contribution in [0.5, 0.6) is 0 Å². The van der Waals surface area contributed by atoms with Crippen LogP contribution < -0.4 is 10.2 Å². The molecule has 3 rings (SSSR count). The summed E-state index contributed by atoms with van der Waals surface area (Å²) < 4.78 is 5.21. The first kappa shape index (κ1) is 16.0. The summed E-state index contributed by atoms with van der Waals surface area (Å²) in [6.07, 6.45) is 4.47. The van der Waals surface area contributed by atoms with Crippen LogP contribution in [0.25, 0.3) is 0 Å². The van der Waals surface area contributed by atoms with Crippen molar-refractivity contribution in [1.82, 2.24) is 5.32 Å². The second-order valence-electron chi connectivity index (χ2n) is 6.56. The lowest BCUT2D eigenvalue weighted by Crippen LogP contribution is -2.48. The second kappa shape index (κ2) is 6.71. The Kier molecular flexibility index (Phi) is 4.66. The van der Waals surface area contributed by atoms with Crippen molar-refractivity contribution in [3.8, 4) is 0 Å². The normalized spacial score (nSPS) is 19.5. The molecule has 5 heteroatoms. The first-order valence-corrected chi connectivity index (χ1v) is 8.31. The standard InChI is InChI=1S/C18H24N2O3/c1-23-13-18(9-3-10-18)17(22)19-12-14-5-7-15(8-6-14)20-11-2-4-16(20)21/h5-8H,2-4,9-13H2,1H3,(H,19,22). The molecule has 2 amide bonds. The van der Waals surface area contributed by atoms with Crippen LogP contribution in [-0.4, -0.2) is 32.1 Å². The van der Waals surface area contributed by atoms with Crippen molar-refractivity contribution in [2.24, 2.45) is 5.41 Å². The van der Waals surface area contributed by atoms with Crippen molar-refractivity contribution in [3.63, 3.8) is 0 Å². The van der Waals surface area contributed by atoms with Crippen LogP contribution in [0, 0.1) is 5.41 Å². The van der Waals surface area contributed by atoms with Gasteiger partial charge in [-0.2, -0.15) is 0 Å². The highest BCUT2D eigenvalue weighted by atomic mass is 16.5. The van der Waals surface area contributed by atoms with Crippen molar-refractivity contribution in [1.29, 1.82) is 0 Å². The summed E-state index contributed by atoms with van der Waals surface area (Å²) in [5.74, 6) is 0.280. The van der Waals surface area contributed by atoms with E-state index in [1.807, 2.05) is 29.2 Å². The molecule has 1 aromatic carbocycles. The van der Waals surface area contributed by atoms with Crippen molar-refractivity contribution in [2.45, 2.75) is 38.6 Å². The summed E-state index contributed by atoms with van der Waals surface area (Å²) in [7, 11) is 1.64. The van der Waals surface area contributed by atoms with E-state index in [1.54, 1.807) is 7.11 Å². The Morgan fingerprint density at radius 2 is 2.00 bits per heavy atom. The molecular formula is C18H24N2O3. The fourth-order valence-corrected chi connectivity index (χ4v) is 3.40. The van der Waals surface area contributed by atoms with Gasteiger partial charge in [-0.05, 0) is 37.0 Å². The van der Waals surface area contributed by atoms with Gasteiger partial charge >= 0.3 is 0 Å². The van der Waals surface area contributed by atoms with E-state index in [9.17, 15) is 9.59 Å². The maximum atomic E-state index is 12.4. The molecule has 2 fully saturated rings. The topological polar surface area (TPSA) is 58.6 Å². The number of amides is 2. The molecule has 0 aromatic heterocycles. The molecule has 0 spiro atoms. The zero-order chi connectivity index (χ0) is 16.3. The monoisotopic (exact) mass is 316 g/mol. The highest BCUT2D eigenvalue weighted by Crippen LogP contribution is 2.41. The third-order valence-corrected chi connectivity index (χ3v) is 4.99. The maximum absolute atomic E-state index is 12.4. The van der Waals surface area contributed by atoms with E-state index in [0.717, 1.165) is 43.5 Å². The number of nitrogens with one attached hydrogen (secondary N) is 1. The summed E-state index contributed by atoms with van der Waals surface area (Å²) in [5, 5.41) is 3.02. The van der Waals surface area contributed by atoms with Crippen LogP contribution in [0.4, 0.5) is 5.69 Å². The highest BCUT2D eigenvalue weighted by molar-refractivity contribution is 5.95. The molecule has 1 heterocycles. The lowest BCUT2D eigenvalue weighted by molar-refractivity contribution is -0.140. The quantitative estimate of drug-likeness (QED) is 0.875. The number of hydrogen-bond acceptors (Lipinski definition) is 3. The molecule has 0 unspecified atom stereocenters. The van der Waals surface area contributed by atoms with Gasteiger partial charge in [0.25, 0.3) is 0 Å². The van der Waals surface area contributed by atoms with Gasteiger partial charge in [0.1, 0.15) is 0 Å². The molecule has 2 aliphatic rings. The molecule has 0 radical (unpaired) electrons. The average Bonchev–Trinajstić information content (AvgIpc) is 2.95. The number of anilines is 1. The second-order valence-corrected chi connectivity index (χ2v) is 6.56.